The van der Waals surface area contributed by atoms with E-state index in [2.05, 4.69) is 10.0 Å². The smallest absolute Gasteiger partial charge is 0.212 e. The van der Waals surface area contributed by atoms with Crippen molar-refractivity contribution in [3.63, 3.8) is 0 Å². The summed E-state index contributed by atoms with van der Waals surface area (Å²) in [6, 6.07) is -0.145. The number of sulfone groups is 1. The molecular formula is C9H21ClN2O4S2. The first kappa shape index (κ1) is 18.1. The summed E-state index contributed by atoms with van der Waals surface area (Å²) in [5.74, 6) is -0.435. The van der Waals surface area contributed by atoms with Crippen LogP contribution in [0.15, 0.2) is 0 Å². The van der Waals surface area contributed by atoms with Crippen molar-refractivity contribution in [2.75, 3.05) is 30.9 Å². The Morgan fingerprint density at radius 1 is 1.22 bits per heavy atom. The summed E-state index contributed by atoms with van der Waals surface area (Å²) in [5.41, 5.74) is 0. The van der Waals surface area contributed by atoms with Gasteiger partial charge in [0, 0.05) is 18.8 Å². The van der Waals surface area contributed by atoms with Crippen molar-refractivity contribution < 1.29 is 16.8 Å². The summed E-state index contributed by atoms with van der Waals surface area (Å²) < 4.78 is 47.8. The highest BCUT2D eigenvalue weighted by atomic mass is 35.5. The van der Waals surface area contributed by atoms with E-state index in [0.717, 1.165) is 19.2 Å². The number of piperidine rings is 1. The lowest BCUT2D eigenvalue weighted by Crippen LogP contribution is -2.50. The molecule has 0 amide bonds. The van der Waals surface area contributed by atoms with Crippen molar-refractivity contribution in [2.45, 2.75) is 19.4 Å². The second-order valence-corrected chi connectivity index (χ2v) is 8.78. The van der Waals surface area contributed by atoms with Gasteiger partial charge in [0.2, 0.25) is 10.0 Å². The van der Waals surface area contributed by atoms with Crippen molar-refractivity contribution in [3.8, 4) is 0 Å². The highest BCUT2D eigenvalue weighted by Crippen LogP contribution is 2.12. The van der Waals surface area contributed by atoms with Crippen molar-refractivity contribution in [1.29, 1.82) is 0 Å². The lowest BCUT2D eigenvalue weighted by Gasteiger charge is -2.29. The molecule has 0 aliphatic carbocycles. The minimum absolute atomic E-state index is 0. The summed E-state index contributed by atoms with van der Waals surface area (Å²) in [5, 5.41) is 3.11. The van der Waals surface area contributed by atoms with E-state index in [1.807, 2.05) is 6.92 Å². The lowest BCUT2D eigenvalue weighted by atomic mass is 9.96. The van der Waals surface area contributed by atoms with E-state index in [-0.39, 0.29) is 35.9 Å². The molecule has 110 valence electrons. The molecule has 1 heterocycles. The van der Waals surface area contributed by atoms with Crippen LogP contribution < -0.4 is 10.0 Å². The second-order valence-electron chi connectivity index (χ2n) is 4.64. The third kappa shape index (κ3) is 6.89. The van der Waals surface area contributed by atoms with Crippen molar-refractivity contribution >= 4 is 32.3 Å². The molecule has 2 N–H and O–H groups in total. The van der Waals surface area contributed by atoms with Crippen LogP contribution in [-0.4, -0.2) is 53.7 Å². The van der Waals surface area contributed by atoms with Gasteiger partial charge in [-0.3, -0.25) is 0 Å². The zero-order valence-corrected chi connectivity index (χ0v) is 13.0. The molecule has 0 radical (unpaired) electrons. The van der Waals surface area contributed by atoms with Crippen LogP contribution in [0.2, 0.25) is 0 Å². The average molecular weight is 321 g/mol. The zero-order valence-electron chi connectivity index (χ0n) is 10.5. The van der Waals surface area contributed by atoms with Gasteiger partial charge in [-0.2, -0.15) is 0 Å². The predicted molar refractivity (Wildman–Crippen MR) is 74.3 cm³/mol. The molecule has 0 aromatic heterocycles. The molecule has 0 aromatic rings. The number of hydrogen-bond acceptors (Lipinski definition) is 5. The van der Waals surface area contributed by atoms with Crippen LogP contribution >= 0.6 is 12.4 Å². The minimum Gasteiger partial charge on any atom is -0.315 e. The Morgan fingerprint density at radius 2 is 1.83 bits per heavy atom. The molecule has 0 aromatic carbocycles. The van der Waals surface area contributed by atoms with Gasteiger partial charge >= 0.3 is 0 Å². The highest BCUT2D eigenvalue weighted by molar-refractivity contribution is 7.93. The van der Waals surface area contributed by atoms with Gasteiger partial charge in [0.25, 0.3) is 0 Å². The number of halogens is 1. The summed E-state index contributed by atoms with van der Waals surface area (Å²) >= 11 is 0. The Labute approximate surface area is 115 Å². The van der Waals surface area contributed by atoms with Gasteiger partial charge in [-0.15, -0.1) is 12.4 Å². The Hall–Kier alpha value is 0.110. The van der Waals surface area contributed by atoms with E-state index in [9.17, 15) is 16.8 Å². The van der Waals surface area contributed by atoms with Crippen LogP contribution in [0, 0.1) is 5.92 Å². The van der Waals surface area contributed by atoms with Crippen LogP contribution in [0.25, 0.3) is 0 Å². The fourth-order valence-corrected chi connectivity index (χ4v) is 4.68. The van der Waals surface area contributed by atoms with Gasteiger partial charge in [-0.1, -0.05) is 6.92 Å². The van der Waals surface area contributed by atoms with E-state index in [0.29, 0.717) is 6.54 Å². The van der Waals surface area contributed by atoms with Gasteiger partial charge in [0.05, 0.1) is 11.5 Å². The van der Waals surface area contributed by atoms with E-state index >= 15 is 0 Å². The molecule has 1 fully saturated rings. The topological polar surface area (TPSA) is 92.3 Å². The summed E-state index contributed by atoms with van der Waals surface area (Å²) in [7, 11) is -6.76. The molecule has 1 rings (SSSR count). The molecule has 2 unspecified atom stereocenters. The van der Waals surface area contributed by atoms with Gasteiger partial charge in [-0.25, -0.2) is 21.6 Å². The molecule has 18 heavy (non-hydrogen) atoms. The van der Waals surface area contributed by atoms with E-state index in [1.165, 1.54) is 0 Å². The first-order chi connectivity index (χ1) is 7.70. The summed E-state index contributed by atoms with van der Waals surface area (Å²) in [4.78, 5) is 0. The number of nitrogens with one attached hydrogen (secondary N) is 2. The van der Waals surface area contributed by atoms with Crippen LogP contribution in [0.4, 0.5) is 0 Å². The Kier molecular flexibility index (Phi) is 7.09. The monoisotopic (exact) mass is 320 g/mol. The van der Waals surface area contributed by atoms with E-state index in [1.54, 1.807) is 0 Å². The van der Waals surface area contributed by atoms with Crippen LogP contribution in [0.5, 0.6) is 0 Å². The van der Waals surface area contributed by atoms with Gasteiger partial charge in [0.1, 0.15) is 9.84 Å². The Morgan fingerprint density at radius 3 is 2.33 bits per heavy atom. The lowest BCUT2D eigenvalue weighted by molar-refractivity contribution is 0.327. The second kappa shape index (κ2) is 7.04. The quantitative estimate of drug-likeness (QED) is 0.703. The van der Waals surface area contributed by atoms with Crippen LogP contribution in [0.3, 0.4) is 0 Å². The average Bonchev–Trinajstić information content (AvgIpc) is 2.18. The van der Waals surface area contributed by atoms with Gasteiger partial charge in [-0.05, 0) is 18.9 Å². The zero-order chi connectivity index (χ0) is 13.1. The molecular weight excluding hydrogens is 300 g/mol. The molecule has 1 aliphatic rings. The molecule has 1 saturated heterocycles. The van der Waals surface area contributed by atoms with Crippen LogP contribution in [0.1, 0.15) is 13.3 Å². The maximum absolute atomic E-state index is 11.7. The molecule has 6 nitrogen and oxygen atoms in total. The van der Waals surface area contributed by atoms with E-state index < -0.39 is 19.9 Å². The fourth-order valence-electron chi connectivity index (χ4n) is 1.70. The third-order valence-corrected chi connectivity index (χ3v) is 5.49. The predicted octanol–water partition coefficient (Wildman–Crippen LogP) is -0.630. The maximum atomic E-state index is 11.7. The highest BCUT2D eigenvalue weighted by Gasteiger charge is 2.26. The number of hydrogen-bond donors (Lipinski definition) is 2. The Balaban J connectivity index is 0.00000289. The van der Waals surface area contributed by atoms with Crippen molar-refractivity contribution in [2.24, 2.45) is 5.92 Å². The SMILES string of the molecule is CC1CCNCC1NS(=O)(=O)CCS(C)(=O)=O.Cl. The molecule has 2 atom stereocenters. The van der Waals surface area contributed by atoms with Crippen LogP contribution in [-0.2, 0) is 19.9 Å². The standard InChI is InChI=1S/C9H20N2O4S2.ClH/c1-8-3-4-10-7-9(8)11-17(14,15)6-5-16(2,12)13;/h8-11H,3-7H2,1-2H3;1H. The fraction of sp³-hybridized carbons (Fsp3) is 1.00. The van der Waals surface area contributed by atoms with E-state index in [4.69, 9.17) is 0 Å². The maximum Gasteiger partial charge on any atom is 0.212 e. The summed E-state index contributed by atoms with van der Waals surface area (Å²) in [6.07, 6.45) is 1.95. The molecule has 0 spiro atoms. The van der Waals surface area contributed by atoms with Crippen molar-refractivity contribution in [3.05, 3.63) is 0 Å². The minimum atomic E-state index is -3.52. The molecule has 1 aliphatic heterocycles. The first-order valence-corrected chi connectivity index (χ1v) is 9.29. The Bertz CT molecular complexity index is 449. The third-order valence-electron chi connectivity index (χ3n) is 2.88. The van der Waals surface area contributed by atoms with Gasteiger partial charge in [0.15, 0.2) is 0 Å². The molecule has 9 heteroatoms. The molecule has 0 saturated carbocycles. The first-order valence-electron chi connectivity index (χ1n) is 5.58. The number of sulfonamides is 1. The largest absolute Gasteiger partial charge is 0.315 e. The number of rotatable bonds is 5. The molecule has 0 bridgehead atoms. The van der Waals surface area contributed by atoms with Gasteiger partial charge < -0.3 is 5.32 Å². The van der Waals surface area contributed by atoms with Crippen molar-refractivity contribution in [1.82, 2.24) is 10.0 Å². The normalized spacial score (nSPS) is 25.4. The summed E-state index contributed by atoms with van der Waals surface area (Å²) in [6.45, 7) is 3.48.